The first-order valence-corrected chi connectivity index (χ1v) is 7.93. The third-order valence-electron chi connectivity index (χ3n) is 3.62. The fourth-order valence-corrected chi connectivity index (χ4v) is 2.24. The normalized spacial score (nSPS) is 16.5. The summed E-state index contributed by atoms with van der Waals surface area (Å²) in [6, 6.07) is 6.97. The SMILES string of the molecule is Cc1ccc(C(=O)NCC(=O)OCC(=O)NCC2CCCO2)cc1. The highest BCUT2D eigenvalue weighted by Gasteiger charge is 2.16. The second-order valence-corrected chi connectivity index (χ2v) is 5.65. The van der Waals surface area contributed by atoms with Crippen molar-refractivity contribution in [2.24, 2.45) is 0 Å². The van der Waals surface area contributed by atoms with E-state index in [0.717, 1.165) is 25.0 Å². The van der Waals surface area contributed by atoms with Gasteiger partial charge in [0.25, 0.3) is 11.8 Å². The molecule has 1 aromatic rings. The molecule has 1 aliphatic rings. The fraction of sp³-hybridized carbons (Fsp3) is 0.471. The second-order valence-electron chi connectivity index (χ2n) is 5.65. The predicted molar refractivity (Wildman–Crippen MR) is 86.5 cm³/mol. The molecule has 0 spiro atoms. The van der Waals surface area contributed by atoms with Crippen LogP contribution in [0.3, 0.4) is 0 Å². The van der Waals surface area contributed by atoms with Crippen LogP contribution in [0, 0.1) is 6.92 Å². The van der Waals surface area contributed by atoms with Crippen molar-refractivity contribution in [3.63, 3.8) is 0 Å². The van der Waals surface area contributed by atoms with Crippen LogP contribution in [0.15, 0.2) is 24.3 Å². The molecular weight excluding hydrogens is 312 g/mol. The molecule has 7 nitrogen and oxygen atoms in total. The molecule has 1 aromatic carbocycles. The number of esters is 1. The lowest BCUT2D eigenvalue weighted by atomic mass is 10.1. The Balaban J connectivity index is 1.61. The highest BCUT2D eigenvalue weighted by molar-refractivity contribution is 5.96. The van der Waals surface area contributed by atoms with Crippen molar-refractivity contribution in [3.05, 3.63) is 35.4 Å². The van der Waals surface area contributed by atoms with E-state index in [1.165, 1.54) is 0 Å². The minimum atomic E-state index is -0.664. The van der Waals surface area contributed by atoms with E-state index in [9.17, 15) is 14.4 Å². The van der Waals surface area contributed by atoms with Gasteiger partial charge in [-0.15, -0.1) is 0 Å². The number of nitrogens with one attached hydrogen (secondary N) is 2. The molecule has 1 aliphatic heterocycles. The molecule has 1 fully saturated rings. The Morgan fingerprint density at radius 2 is 1.96 bits per heavy atom. The van der Waals surface area contributed by atoms with Crippen molar-refractivity contribution >= 4 is 17.8 Å². The molecule has 2 amide bonds. The van der Waals surface area contributed by atoms with Gasteiger partial charge in [-0.2, -0.15) is 0 Å². The zero-order valence-corrected chi connectivity index (χ0v) is 13.7. The zero-order valence-electron chi connectivity index (χ0n) is 13.7. The zero-order chi connectivity index (χ0) is 17.4. The molecule has 1 heterocycles. The lowest BCUT2D eigenvalue weighted by molar-refractivity contribution is -0.147. The minimum absolute atomic E-state index is 0.0402. The molecule has 1 saturated heterocycles. The number of hydrogen-bond donors (Lipinski definition) is 2. The maximum atomic E-state index is 11.8. The predicted octanol–water partition coefficient (Wildman–Crippen LogP) is 0.563. The molecule has 0 radical (unpaired) electrons. The van der Waals surface area contributed by atoms with Crippen molar-refractivity contribution in [1.82, 2.24) is 10.6 Å². The monoisotopic (exact) mass is 334 g/mol. The average Bonchev–Trinajstić information content (AvgIpc) is 3.10. The lowest BCUT2D eigenvalue weighted by Crippen LogP contribution is -2.36. The van der Waals surface area contributed by atoms with Crippen LogP contribution < -0.4 is 10.6 Å². The van der Waals surface area contributed by atoms with Gasteiger partial charge in [-0.1, -0.05) is 17.7 Å². The van der Waals surface area contributed by atoms with Gasteiger partial charge in [0.2, 0.25) is 0 Å². The molecule has 1 atom stereocenters. The number of aryl methyl sites for hydroxylation is 1. The third kappa shape index (κ3) is 6.00. The van der Waals surface area contributed by atoms with Gasteiger partial charge in [0, 0.05) is 18.7 Å². The number of rotatable bonds is 7. The maximum absolute atomic E-state index is 11.8. The average molecular weight is 334 g/mol. The van der Waals surface area contributed by atoms with Crippen molar-refractivity contribution < 1.29 is 23.9 Å². The van der Waals surface area contributed by atoms with Crippen molar-refractivity contribution in [2.45, 2.75) is 25.9 Å². The Morgan fingerprint density at radius 1 is 1.21 bits per heavy atom. The molecule has 0 saturated carbocycles. The molecule has 0 aliphatic carbocycles. The summed E-state index contributed by atoms with van der Waals surface area (Å²) in [7, 11) is 0. The van der Waals surface area contributed by atoms with Crippen molar-refractivity contribution in [1.29, 1.82) is 0 Å². The summed E-state index contributed by atoms with van der Waals surface area (Å²) in [5.41, 5.74) is 1.50. The molecule has 0 aromatic heterocycles. The Kier molecular flexibility index (Phi) is 6.74. The number of amides is 2. The van der Waals surface area contributed by atoms with Gasteiger partial charge in [0.15, 0.2) is 6.61 Å². The maximum Gasteiger partial charge on any atom is 0.325 e. The van der Waals surface area contributed by atoms with Crippen LogP contribution in [-0.2, 0) is 19.1 Å². The quantitative estimate of drug-likeness (QED) is 0.711. The molecule has 2 N–H and O–H groups in total. The van der Waals surface area contributed by atoms with E-state index in [1.807, 2.05) is 19.1 Å². The van der Waals surface area contributed by atoms with Crippen LogP contribution in [0.4, 0.5) is 0 Å². The molecule has 2 rings (SSSR count). The number of carbonyl (C=O) groups is 3. The first-order valence-electron chi connectivity index (χ1n) is 7.93. The Labute approximate surface area is 140 Å². The molecule has 24 heavy (non-hydrogen) atoms. The highest BCUT2D eigenvalue weighted by Crippen LogP contribution is 2.10. The molecule has 130 valence electrons. The summed E-state index contributed by atoms with van der Waals surface area (Å²) in [6.07, 6.45) is 1.96. The Morgan fingerprint density at radius 3 is 2.62 bits per heavy atom. The number of benzene rings is 1. The lowest BCUT2D eigenvalue weighted by Gasteiger charge is -2.11. The fourth-order valence-electron chi connectivity index (χ4n) is 2.24. The molecular formula is C17H22N2O5. The third-order valence-corrected chi connectivity index (χ3v) is 3.62. The van der Waals surface area contributed by atoms with Crippen LogP contribution in [-0.4, -0.2) is 50.2 Å². The van der Waals surface area contributed by atoms with E-state index >= 15 is 0 Å². The summed E-state index contributed by atoms with van der Waals surface area (Å²) in [6.45, 7) is 2.40. The molecule has 1 unspecified atom stereocenters. The van der Waals surface area contributed by atoms with Gasteiger partial charge >= 0.3 is 5.97 Å². The van der Waals surface area contributed by atoms with Crippen molar-refractivity contribution in [2.75, 3.05) is 26.3 Å². The summed E-state index contributed by atoms with van der Waals surface area (Å²) in [5, 5.41) is 5.10. The summed E-state index contributed by atoms with van der Waals surface area (Å²) < 4.78 is 10.2. The summed E-state index contributed by atoms with van der Waals surface area (Å²) in [5.74, 6) is -1.42. The van der Waals surface area contributed by atoms with E-state index in [-0.39, 0.29) is 31.1 Å². The van der Waals surface area contributed by atoms with Crippen molar-refractivity contribution in [3.8, 4) is 0 Å². The number of ether oxygens (including phenoxy) is 2. The van der Waals surface area contributed by atoms with Crippen LogP contribution >= 0.6 is 0 Å². The second kappa shape index (κ2) is 9.02. The molecule has 0 bridgehead atoms. The Hall–Kier alpha value is -2.41. The van der Waals surface area contributed by atoms with Gasteiger partial charge < -0.3 is 20.1 Å². The van der Waals surface area contributed by atoms with Crippen LogP contribution in [0.1, 0.15) is 28.8 Å². The topological polar surface area (TPSA) is 93.7 Å². The highest BCUT2D eigenvalue weighted by atomic mass is 16.5. The standard InChI is InChI=1S/C17H22N2O5/c1-12-4-6-13(7-5-12)17(22)19-10-16(21)24-11-15(20)18-9-14-3-2-8-23-14/h4-7,14H,2-3,8-11H2,1H3,(H,18,20)(H,19,22). The van der Waals surface area contributed by atoms with Gasteiger partial charge in [0.05, 0.1) is 6.10 Å². The summed E-state index contributed by atoms with van der Waals surface area (Å²) in [4.78, 5) is 35.0. The van der Waals surface area contributed by atoms with E-state index in [4.69, 9.17) is 9.47 Å². The largest absolute Gasteiger partial charge is 0.454 e. The minimum Gasteiger partial charge on any atom is -0.454 e. The molecule has 7 heteroatoms. The first-order chi connectivity index (χ1) is 11.5. The van der Waals surface area contributed by atoms with Crippen LogP contribution in [0.5, 0.6) is 0 Å². The van der Waals surface area contributed by atoms with E-state index in [1.54, 1.807) is 12.1 Å². The smallest absolute Gasteiger partial charge is 0.325 e. The summed E-state index contributed by atoms with van der Waals surface area (Å²) >= 11 is 0. The van der Waals surface area contributed by atoms with Gasteiger partial charge in [-0.25, -0.2) is 0 Å². The first kappa shape index (κ1) is 17.9. The van der Waals surface area contributed by atoms with Gasteiger partial charge in [-0.3, -0.25) is 14.4 Å². The van der Waals surface area contributed by atoms with Crippen LogP contribution in [0.2, 0.25) is 0 Å². The number of hydrogen-bond acceptors (Lipinski definition) is 5. The van der Waals surface area contributed by atoms with E-state index in [0.29, 0.717) is 12.1 Å². The van der Waals surface area contributed by atoms with Gasteiger partial charge in [-0.05, 0) is 31.9 Å². The van der Waals surface area contributed by atoms with Crippen LogP contribution in [0.25, 0.3) is 0 Å². The Bertz CT molecular complexity index is 579. The van der Waals surface area contributed by atoms with Gasteiger partial charge in [0.1, 0.15) is 6.54 Å². The van der Waals surface area contributed by atoms with E-state index < -0.39 is 5.97 Å². The number of carbonyl (C=O) groups excluding carboxylic acids is 3. The van der Waals surface area contributed by atoms with E-state index in [2.05, 4.69) is 10.6 Å².